The Kier molecular flexibility index (Phi) is 4.90. The van der Waals surface area contributed by atoms with Crippen molar-refractivity contribution >= 4 is 5.69 Å². The van der Waals surface area contributed by atoms with Crippen molar-refractivity contribution in [1.29, 1.82) is 5.26 Å². The number of nitrogens with zero attached hydrogens (tertiary/aromatic N) is 2. The lowest BCUT2D eigenvalue weighted by molar-refractivity contribution is 0.199. The predicted molar refractivity (Wildman–Crippen MR) is 88.3 cm³/mol. The Balaban J connectivity index is 2.12. The molecule has 2 rings (SSSR count). The fourth-order valence-electron chi connectivity index (χ4n) is 3.25. The van der Waals surface area contributed by atoms with E-state index in [1.165, 1.54) is 18.4 Å². The van der Waals surface area contributed by atoms with E-state index >= 15 is 0 Å². The van der Waals surface area contributed by atoms with Gasteiger partial charge in [0, 0.05) is 19.6 Å². The second kappa shape index (κ2) is 6.49. The number of piperidine rings is 1. The summed E-state index contributed by atoms with van der Waals surface area (Å²) in [5.74, 6) is 0.780. The molecule has 0 aromatic heterocycles. The summed E-state index contributed by atoms with van der Waals surface area (Å²) in [6, 6.07) is 8.62. The molecule has 0 radical (unpaired) electrons. The van der Waals surface area contributed by atoms with Gasteiger partial charge in [-0.3, -0.25) is 0 Å². The van der Waals surface area contributed by atoms with Crippen molar-refractivity contribution in [2.24, 2.45) is 11.3 Å². The summed E-state index contributed by atoms with van der Waals surface area (Å²) in [5, 5.41) is 12.6. The quantitative estimate of drug-likeness (QED) is 0.923. The summed E-state index contributed by atoms with van der Waals surface area (Å²) in [5.41, 5.74) is 3.46. The third kappa shape index (κ3) is 3.77. The Labute approximate surface area is 129 Å². The normalized spacial score (nSPS) is 16.8. The number of hydrogen-bond donors (Lipinski definition) is 1. The maximum Gasteiger partial charge on any atom is 0.101 e. The third-order valence-corrected chi connectivity index (χ3v) is 4.62. The van der Waals surface area contributed by atoms with Crippen LogP contribution in [0.15, 0.2) is 18.2 Å². The Morgan fingerprint density at radius 2 is 1.95 bits per heavy atom. The summed E-state index contributed by atoms with van der Waals surface area (Å²) in [4.78, 5) is 2.38. The number of anilines is 1. The minimum atomic E-state index is 0.390. The molecule has 1 aromatic rings. The zero-order valence-corrected chi connectivity index (χ0v) is 13.7. The van der Waals surface area contributed by atoms with Crippen LogP contribution in [-0.2, 0) is 6.54 Å². The molecule has 3 nitrogen and oxygen atoms in total. The second-order valence-corrected chi connectivity index (χ2v) is 7.12. The van der Waals surface area contributed by atoms with Crippen LogP contribution in [0.1, 0.15) is 44.7 Å². The number of nitrogens with one attached hydrogen (secondary N) is 1. The molecule has 1 N–H and O–H groups in total. The molecule has 21 heavy (non-hydrogen) atoms. The second-order valence-electron chi connectivity index (χ2n) is 7.12. The number of benzene rings is 1. The zero-order chi connectivity index (χ0) is 15.5. The fourth-order valence-corrected chi connectivity index (χ4v) is 3.25. The van der Waals surface area contributed by atoms with Gasteiger partial charge in [0.15, 0.2) is 0 Å². The average molecular weight is 285 g/mol. The molecule has 3 heteroatoms. The van der Waals surface area contributed by atoms with Crippen molar-refractivity contribution in [2.75, 3.05) is 25.0 Å². The molecule has 0 atom stereocenters. The van der Waals surface area contributed by atoms with Crippen LogP contribution in [0.25, 0.3) is 0 Å². The summed E-state index contributed by atoms with van der Waals surface area (Å²) < 4.78 is 0. The first-order valence-corrected chi connectivity index (χ1v) is 7.88. The molecular formula is C18H27N3. The maximum absolute atomic E-state index is 9.43. The van der Waals surface area contributed by atoms with E-state index in [0.29, 0.717) is 5.41 Å². The van der Waals surface area contributed by atoms with E-state index in [4.69, 9.17) is 0 Å². The molecule has 0 unspecified atom stereocenters. The molecular weight excluding hydrogens is 258 g/mol. The van der Waals surface area contributed by atoms with Crippen LogP contribution in [-0.4, -0.2) is 20.1 Å². The fraction of sp³-hybridized carbons (Fsp3) is 0.611. The summed E-state index contributed by atoms with van der Waals surface area (Å²) in [6.45, 7) is 9.92. The minimum absolute atomic E-state index is 0.390. The summed E-state index contributed by atoms with van der Waals surface area (Å²) >= 11 is 0. The molecule has 114 valence electrons. The highest BCUT2D eigenvalue weighted by Gasteiger charge is 2.29. The first kappa shape index (κ1) is 15.9. The average Bonchev–Trinajstić information content (AvgIpc) is 2.47. The molecule has 1 fully saturated rings. The molecule has 0 aliphatic carbocycles. The molecule has 1 saturated heterocycles. The number of rotatable bonds is 3. The smallest absolute Gasteiger partial charge is 0.101 e. The molecule has 0 saturated carbocycles. The Hall–Kier alpha value is -1.53. The van der Waals surface area contributed by atoms with Crippen LogP contribution in [0.5, 0.6) is 0 Å². The SMILES string of the molecule is CNCc1ccc(N2CCC(C(C)(C)C)CC2)c(C#N)c1. The van der Waals surface area contributed by atoms with Gasteiger partial charge in [-0.1, -0.05) is 26.8 Å². The van der Waals surface area contributed by atoms with Crippen molar-refractivity contribution in [2.45, 2.75) is 40.2 Å². The molecule has 1 aromatic carbocycles. The Morgan fingerprint density at radius 3 is 2.48 bits per heavy atom. The molecule has 1 aliphatic rings. The number of nitriles is 1. The highest BCUT2D eigenvalue weighted by Crippen LogP contribution is 2.36. The minimum Gasteiger partial charge on any atom is -0.370 e. The molecule has 0 amide bonds. The molecule has 0 bridgehead atoms. The summed E-state index contributed by atoms with van der Waals surface area (Å²) in [6.07, 6.45) is 2.43. The first-order chi connectivity index (χ1) is 9.95. The van der Waals surface area contributed by atoms with Gasteiger partial charge in [0.2, 0.25) is 0 Å². The van der Waals surface area contributed by atoms with Crippen molar-refractivity contribution < 1.29 is 0 Å². The number of hydrogen-bond acceptors (Lipinski definition) is 3. The third-order valence-electron chi connectivity index (χ3n) is 4.62. The highest BCUT2D eigenvalue weighted by molar-refractivity contribution is 5.60. The van der Waals surface area contributed by atoms with E-state index in [9.17, 15) is 5.26 Å². The van der Waals surface area contributed by atoms with E-state index in [2.05, 4.69) is 49.2 Å². The zero-order valence-electron chi connectivity index (χ0n) is 13.7. The molecule has 1 heterocycles. The molecule has 1 aliphatic heterocycles. The van der Waals surface area contributed by atoms with E-state index in [-0.39, 0.29) is 0 Å². The van der Waals surface area contributed by atoms with E-state index < -0.39 is 0 Å². The van der Waals surface area contributed by atoms with Crippen LogP contribution in [0.3, 0.4) is 0 Å². The van der Waals surface area contributed by atoms with Gasteiger partial charge in [-0.2, -0.15) is 5.26 Å². The standard InChI is InChI=1S/C18H27N3/c1-18(2,3)16-7-9-21(10-8-16)17-6-5-14(13-20-4)11-15(17)12-19/h5-6,11,16,20H,7-10,13H2,1-4H3. The van der Waals surface area contributed by atoms with Crippen molar-refractivity contribution in [3.05, 3.63) is 29.3 Å². The van der Waals surface area contributed by atoms with E-state index in [1.807, 2.05) is 13.1 Å². The van der Waals surface area contributed by atoms with Gasteiger partial charge in [-0.25, -0.2) is 0 Å². The topological polar surface area (TPSA) is 39.1 Å². The van der Waals surface area contributed by atoms with Crippen LogP contribution in [0.2, 0.25) is 0 Å². The highest BCUT2D eigenvalue weighted by atomic mass is 15.1. The maximum atomic E-state index is 9.43. The van der Waals surface area contributed by atoms with Crippen molar-refractivity contribution in [3.8, 4) is 6.07 Å². The lowest BCUT2D eigenvalue weighted by Crippen LogP contribution is -2.38. The largest absolute Gasteiger partial charge is 0.370 e. The van der Waals surface area contributed by atoms with Gasteiger partial charge in [0.25, 0.3) is 0 Å². The lowest BCUT2D eigenvalue weighted by atomic mass is 9.75. The van der Waals surface area contributed by atoms with E-state index in [1.54, 1.807) is 0 Å². The van der Waals surface area contributed by atoms with Crippen LogP contribution >= 0.6 is 0 Å². The first-order valence-electron chi connectivity index (χ1n) is 7.88. The van der Waals surface area contributed by atoms with Crippen molar-refractivity contribution in [1.82, 2.24) is 5.32 Å². The Morgan fingerprint density at radius 1 is 1.29 bits per heavy atom. The van der Waals surface area contributed by atoms with Crippen LogP contribution in [0, 0.1) is 22.7 Å². The van der Waals surface area contributed by atoms with Gasteiger partial charge >= 0.3 is 0 Å². The molecule has 0 spiro atoms. The lowest BCUT2D eigenvalue weighted by Gasteiger charge is -2.40. The van der Waals surface area contributed by atoms with Gasteiger partial charge in [-0.05, 0) is 48.9 Å². The van der Waals surface area contributed by atoms with Gasteiger partial charge in [0.05, 0.1) is 11.3 Å². The van der Waals surface area contributed by atoms with E-state index in [0.717, 1.165) is 36.8 Å². The van der Waals surface area contributed by atoms with Crippen LogP contribution in [0.4, 0.5) is 5.69 Å². The monoisotopic (exact) mass is 285 g/mol. The van der Waals surface area contributed by atoms with Gasteiger partial charge in [-0.15, -0.1) is 0 Å². The van der Waals surface area contributed by atoms with Gasteiger partial charge in [0.1, 0.15) is 6.07 Å². The predicted octanol–water partition coefficient (Wildman–Crippen LogP) is 3.54. The van der Waals surface area contributed by atoms with Crippen LogP contribution < -0.4 is 10.2 Å². The van der Waals surface area contributed by atoms with Crippen molar-refractivity contribution in [3.63, 3.8) is 0 Å². The van der Waals surface area contributed by atoms with Gasteiger partial charge < -0.3 is 10.2 Å². The Bertz CT molecular complexity index is 514. The summed E-state index contributed by atoms with van der Waals surface area (Å²) in [7, 11) is 1.93.